The maximum absolute atomic E-state index is 12.5. The Morgan fingerprint density at radius 3 is 2.73 bits per heavy atom. The molecular formula is C18H19BrN2O5. The second-order valence-corrected chi connectivity index (χ2v) is 6.22. The topological polar surface area (TPSA) is 104 Å². The van der Waals surface area contributed by atoms with Gasteiger partial charge in [0.2, 0.25) is 5.88 Å². The van der Waals surface area contributed by atoms with Gasteiger partial charge in [0, 0.05) is 17.1 Å². The summed E-state index contributed by atoms with van der Waals surface area (Å²) >= 11 is 3.42. The summed E-state index contributed by atoms with van der Waals surface area (Å²) in [4.78, 5) is 12.5. The van der Waals surface area contributed by atoms with Crippen LogP contribution in [0.1, 0.15) is 18.4 Å². The highest BCUT2D eigenvalue weighted by molar-refractivity contribution is 9.10. The summed E-state index contributed by atoms with van der Waals surface area (Å²) in [5, 5.41) is 9.65. The van der Waals surface area contributed by atoms with E-state index in [-0.39, 0.29) is 29.4 Å². The highest BCUT2D eigenvalue weighted by atomic mass is 79.9. The monoisotopic (exact) mass is 422 g/mol. The predicted octanol–water partition coefficient (Wildman–Crippen LogP) is 2.73. The number of methoxy groups -OCH3 is 2. The molecule has 0 aromatic heterocycles. The van der Waals surface area contributed by atoms with Gasteiger partial charge in [-0.1, -0.05) is 15.9 Å². The third-order valence-corrected chi connectivity index (χ3v) is 4.25. The molecule has 1 aromatic carbocycles. The molecule has 1 aliphatic heterocycles. The van der Waals surface area contributed by atoms with Crippen molar-refractivity contribution in [1.29, 1.82) is 5.26 Å². The molecule has 2 N–H and O–H groups in total. The molecule has 7 nitrogen and oxygen atoms in total. The molecule has 0 fully saturated rings. The molecule has 0 amide bonds. The average molecular weight is 423 g/mol. The molecule has 0 saturated carbocycles. The fourth-order valence-electron chi connectivity index (χ4n) is 2.73. The normalized spacial score (nSPS) is 16.8. The third-order valence-electron chi connectivity index (χ3n) is 3.76. The molecule has 2 rings (SSSR count). The summed E-state index contributed by atoms with van der Waals surface area (Å²) < 4.78 is 22.0. The van der Waals surface area contributed by atoms with Crippen molar-refractivity contribution < 1.29 is 23.7 Å². The average Bonchev–Trinajstić information content (AvgIpc) is 2.62. The minimum atomic E-state index is -0.801. The van der Waals surface area contributed by atoms with E-state index in [1.165, 1.54) is 14.2 Å². The van der Waals surface area contributed by atoms with Gasteiger partial charge in [-0.15, -0.1) is 0 Å². The van der Waals surface area contributed by atoms with Crippen LogP contribution in [0.3, 0.4) is 0 Å². The summed E-state index contributed by atoms with van der Waals surface area (Å²) in [7, 11) is 2.72. The Bertz CT molecular complexity index is 810. The molecule has 1 atom stereocenters. The Kier molecular flexibility index (Phi) is 6.66. The van der Waals surface area contributed by atoms with Crippen molar-refractivity contribution in [3.8, 4) is 11.8 Å². The SMILES string of the molecule is CCOc1ccc(Br)cc1[C@H]1C(C#N)=C(N)OC(COC)=C1C(=O)OC. The lowest BCUT2D eigenvalue weighted by atomic mass is 9.82. The molecule has 26 heavy (non-hydrogen) atoms. The van der Waals surface area contributed by atoms with Crippen LogP contribution in [0.5, 0.6) is 5.75 Å². The first-order valence-corrected chi connectivity index (χ1v) is 8.57. The van der Waals surface area contributed by atoms with Gasteiger partial charge < -0.3 is 24.7 Å². The number of halogens is 1. The van der Waals surface area contributed by atoms with E-state index in [0.29, 0.717) is 17.9 Å². The van der Waals surface area contributed by atoms with E-state index in [2.05, 4.69) is 15.9 Å². The number of ether oxygens (including phenoxy) is 4. The van der Waals surface area contributed by atoms with Gasteiger partial charge in [-0.05, 0) is 25.1 Å². The minimum absolute atomic E-state index is 0.00167. The lowest BCUT2D eigenvalue weighted by Crippen LogP contribution is -2.27. The summed E-state index contributed by atoms with van der Waals surface area (Å²) in [5.41, 5.74) is 6.79. The fourth-order valence-corrected chi connectivity index (χ4v) is 3.11. The number of hydrogen-bond acceptors (Lipinski definition) is 7. The van der Waals surface area contributed by atoms with Crippen molar-refractivity contribution in [3.05, 3.63) is 51.0 Å². The van der Waals surface area contributed by atoms with Crippen LogP contribution < -0.4 is 10.5 Å². The molecule has 0 bridgehead atoms. The van der Waals surface area contributed by atoms with E-state index in [0.717, 1.165) is 4.47 Å². The van der Waals surface area contributed by atoms with Crippen LogP contribution in [-0.2, 0) is 19.0 Å². The molecular weight excluding hydrogens is 404 g/mol. The van der Waals surface area contributed by atoms with E-state index in [1.807, 2.05) is 19.1 Å². The van der Waals surface area contributed by atoms with Crippen molar-refractivity contribution in [3.63, 3.8) is 0 Å². The Hall–Kier alpha value is -2.50. The maximum Gasteiger partial charge on any atom is 0.338 e. The smallest absolute Gasteiger partial charge is 0.338 e. The van der Waals surface area contributed by atoms with Crippen LogP contribution in [0.25, 0.3) is 0 Å². The molecule has 1 aliphatic rings. The minimum Gasteiger partial charge on any atom is -0.494 e. The van der Waals surface area contributed by atoms with E-state index in [4.69, 9.17) is 24.7 Å². The molecule has 0 spiro atoms. The Labute approximate surface area is 160 Å². The van der Waals surface area contributed by atoms with E-state index >= 15 is 0 Å². The molecule has 1 heterocycles. The molecule has 0 aliphatic carbocycles. The highest BCUT2D eigenvalue weighted by Crippen LogP contribution is 2.43. The van der Waals surface area contributed by atoms with Crippen molar-refractivity contribution >= 4 is 21.9 Å². The van der Waals surface area contributed by atoms with Crippen LogP contribution >= 0.6 is 15.9 Å². The summed E-state index contributed by atoms with van der Waals surface area (Å²) in [6, 6.07) is 7.38. The van der Waals surface area contributed by atoms with Gasteiger partial charge in [-0.25, -0.2) is 4.79 Å². The lowest BCUT2D eigenvalue weighted by Gasteiger charge is -2.28. The van der Waals surface area contributed by atoms with Crippen molar-refractivity contribution in [2.45, 2.75) is 12.8 Å². The number of hydrogen-bond donors (Lipinski definition) is 1. The number of carbonyl (C=O) groups is 1. The lowest BCUT2D eigenvalue weighted by molar-refractivity contribution is -0.136. The molecule has 138 valence electrons. The van der Waals surface area contributed by atoms with Gasteiger partial charge >= 0.3 is 5.97 Å². The van der Waals surface area contributed by atoms with Crippen LogP contribution in [-0.4, -0.2) is 33.4 Å². The largest absolute Gasteiger partial charge is 0.494 e. The van der Waals surface area contributed by atoms with Crippen LogP contribution in [0.4, 0.5) is 0 Å². The summed E-state index contributed by atoms with van der Waals surface area (Å²) in [6.45, 7) is 2.26. The van der Waals surface area contributed by atoms with Gasteiger partial charge in [-0.3, -0.25) is 0 Å². The Morgan fingerprint density at radius 2 is 2.15 bits per heavy atom. The van der Waals surface area contributed by atoms with Crippen molar-refractivity contribution in [1.82, 2.24) is 0 Å². The van der Waals surface area contributed by atoms with Gasteiger partial charge in [0.1, 0.15) is 29.8 Å². The second kappa shape index (κ2) is 8.74. The predicted molar refractivity (Wildman–Crippen MR) is 96.9 cm³/mol. The number of esters is 1. The summed E-state index contributed by atoms with van der Waals surface area (Å²) in [6.07, 6.45) is 0. The molecule has 8 heteroatoms. The van der Waals surface area contributed by atoms with Crippen LogP contribution in [0.15, 0.2) is 45.5 Å². The van der Waals surface area contributed by atoms with Gasteiger partial charge in [0.15, 0.2) is 0 Å². The zero-order valence-electron chi connectivity index (χ0n) is 14.7. The van der Waals surface area contributed by atoms with Gasteiger partial charge in [0.25, 0.3) is 0 Å². The number of carbonyl (C=O) groups excluding carboxylic acids is 1. The fraction of sp³-hybridized carbons (Fsp3) is 0.333. The first-order chi connectivity index (χ1) is 12.5. The highest BCUT2D eigenvalue weighted by Gasteiger charge is 2.39. The molecule has 0 radical (unpaired) electrons. The standard InChI is InChI=1S/C18H19BrN2O5/c1-4-25-13-6-5-10(19)7-11(13)15-12(8-20)17(21)26-14(9-23-2)16(15)18(22)24-3/h5-7,15H,4,9,21H2,1-3H3/t15-/m0/s1. The summed E-state index contributed by atoms with van der Waals surface area (Å²) in [5.74, 6) is -0.792. The molecule has 0 unspecified atom stereocenters. The first-order valence-electron chi connectivity index (χ1n) is 7.78. The number of nitriles is 1. The number of rotatable bonds is 6. The Morgan fingerprint density at radius 1 is 1.42 bits per heavy atom. The third kappa shape index (κ3) is 3.84. The van der Waals surface area contributed by atoms with E-state index in [1.54, 1.807) is 12.1 Å². The zero-order chi connectivity index (χ0) is 19.3. The number of allylic oxidation sites excluding steroid dienone is 1. The Balaban J connectivity index is 2.77. The van der Waals surface area contributed by atoms with Crippen molar-refractivity contribution in [2.24, 2.45) is 5.73 Å². The number of benzene rings is 1. The van der Waals surface area contributed by atoms with Gasteiger partial charge in [-0.2, -0.15) is 5.26 Å². The van der Waals surface area contributed by atoms with E-state index < -0.39 is 11.9 Å². The van der Waals surface area contributed by atoms with E-state index in [9.17, 15) is 10.1 Å². The van der Waals surface area contributed by atoms with Gasteiger partial charge in [0.05, 0.1) is 25.2 Å². The van der Waals surface area contributed by atoms with Crippen molar-refractivity contribution in [2.75, 3.05) is 27.4 Å². The van der Waals surface area contributed by atoms with Crippen LogP contribution in [0, 0.1) is 11.3 Å². The maximum atomic E-state index is 12.5. The quantitative estimate of drug-likeness (QED) is 0.702. The number of nitrogens with zero attached hydrogens (tertiary/aromatic N) is 1. The number of nitrogens with two attached hydrogens (primary N) is 1. The second-order valence-electron chi connectivity index (χ2n) is 5.30. The van der Waals surface area contributed by atoms with Crippen LogP contribution in [0.2, 0.25) is 0 Å². The molecule has 1 aromatic rings. The first kappa shape index (κ1) is 19.8. The zero-order valence-corrected chi connectivity index (χ0v) is 16.3. The molecule has 0 saturated heterocycles.